The summed E-state index contributed by atoms with van der Waals surface area (Å²) in [4.78, 5) is 3.15. The highest BCUT2D eigenvalue weighted by molar-refractivity contribution is 5.60. The third-order valence-electron chi connectivity index (χ3n) is 8.57. The third-order valence-corrected chi connectivity index (χ3v) is 8.57. The number of anilines is 1. The fraction of sp³-hybridized carbons (Fsp3) is 0.452. The summed E-state index contributed by atoms with van der Waals surface area (Å²) in [6, 6.07) is 13.9. The third kappa shape index (κ3) is 6.36. The molecule has 0 spiro atoms. The number of tetrazole rings is 1. The van der Waals surface area contributed by atoms with Crippen molar-refractivity contribution < 1.29 is 31.1 Å². The molecule has 240 valence electrons. The average Bonchev–Trinajstić information content (AvgIpc) is 3.63. The van der Waals surface area contributed by atoms with Gasteiger partial charge in [-0.25, -0.2) is 0 Å². The Morgan fingerprint density at radius 2 is 1.80 bits per heavy atom. The fourth-order valence-corrected chi connectivity index (χ4v) is 6.33. The van der Waals surface area contributed by atoms with Crippen molar-refractivity contribution in [1.82, 2.24) is 25.5 Å². The van der Waals surface area contributed by atoms with Crippen LogP contribution in [0.2, 0.25) is 0 Å². The zero-order chi connectivity index (χ0) is 31.8. The van der Waals surface area contributed by atoms with Crippen LogP contribution in [0.5, 0.6) is 0 Å². The smallest absolute Gasteiger partial charge is 0.372 e. The van der Waals surface area contributed by atoms with Crippen LogP contribution in [-0.4, -0.2) is 52.2 Å². The van der Waals surface area contributed by atoms with E-state index in [9.17, 15) is 26.3 Å². The second-order valence-corrected chi connectivity index (χ2v) is 11.7. The van der Waals surface area contributed by atoms with E-state index in [0.29, 0.717) is 26.2 Å². The van der Waals surface area contributed by atoms with E-state index in [-0.39, 0.29) is 37.3 Å². The number of alkyl halides is 6. The van der Waals surface area contributed by atoms with Crippen LogP contribution >= 0.6 is 0 Å². The van der Waals surface area contributed by atoms with Gasteiger partial charge in [-0.2, -0.15) is 31.1 Å². The highest BCUT2D eigenvalue weighted by Gasteiger charge is 2.60. The van der Waals surface area contributed by atoms with E-state index in [1.165, 1.54) is 0 Å². The zero-order valence-electron chi connectivity index (χ0n) is 24.3. The van der Waals surface area contributed by atoms with Crippen LogP contribution in [0, 0.1) is 0 Å². The van der Waals surface area contributed by atoms with Crippen LogP contribution in [0.4, 0.5) is 32.0 Å². The van der Waals surface area contributed by atoms with E-state index in [4.69, 9.17) is 10.5 Å². The number of aromatic nitrogens is 4. The molecule has 3 aliphatic rings. The first-order chi connectivity index (χ1) is 21.5. The van der Waals surface area contributed by atoms with E-state index >= 15 is 0 Å². The monoisotopic (exact) mass is 633 g/mol. The molecule has 14 heteroatoms. The number of rotatable bonds is 8. The van der Waals surface area contributed by atoms with Crippen molar-refractivity contribution in [3.8, 4) is 0 Å². The molecule has 2 atom stereocenters. The van der Waals surface area contributed by atoms with Gasteiger partial charge in [0, 0.05) is 37.9 Å². The van der Waals surface area contributed by atoms with Gasteiger partial charge in [0.15, 0.2) is 11.2 Å². The molecule has 0 amide bonds. The predicted molar refractivity (Wildman–Crippen MR) is 154 cm³/mol. The summed E-state index contributed by atoms with van der Waals surface area (Å²) in [6.07, 6.45) is -8.53. The van der Waals surface area contributed by atoms with E-state index in [1.807, 2.05) is 18.2 Å². The Bertz CT molecular complexity index is 1580. The van der Waals surface area contributed by atoms with Gasteiger partial charge in [-0.3, -0.25) is 0 Å². The first-order valence-electron chi connectivity index (χ1n) is 14.8. The van der Waals surface area contributed by atoms with E-state index in [1.54, 1.807) is 0 Å². The molecule has 3 aromatic rings. The number of nitrogens with two attached hydrogens (primary N) is 1. The van der Waals surface area contributed by atoms with Gasteiger partial charge in [-0.05, 0) is 71.0 Å². The molecule has 0 saturated carbocycles. The number of halogens is 6. The Hall–Kier alpha value is -3.75. The van der Waals surface area contributed by atoms with Crippen LogP contribution in [0.15, 0.2) is 65.8 Å². The van der Waals surface area contributed by atoms with Gasteiger partial charge in [-0.1, -0.05) is 35.9 Å². The summed E-state index contributed by atoms with van der Waals surface area (Å²) < 4.78 is 92.3. The van der Waals surface area contributed by atoms with Crippen molar-refractivity contribution in [1.29, 1.82) is 0 Å². The Balaban J connectivity index is 1.32. The summed E-state index contributed by atoms with van der Waals surface area (Å²) in [5.74, 6) is -0.845. The van der Waals surface area contributed by atoms with Crippen molar-refractivity contribution in [3.63, 3.8) is 0 Å². The minimum atomic E-state index is -5.13. The molecule has 3 heterocycles. The molecule has 1 unspecified atom stereocenters. The maximum atomic E-state index is 14.8. The molecule has 45 heavy (non-hydrogen) atoms. The topological polar surface area (TPSA) is 94.1 Å². The van der Waals surface area contributed by atoms with E-state index in [2.05, 4.69) is 49.9 Å². The summed E-state index contributed by atoms with van der Waals surface area (Å²) >= 11 is 0. The zero-order valence-corrected chi connectivity index (χ0v) is 24.3. The first-order valence-corrected chi connectivity index (χ1v) is 14.8. The first kappa shape index (κ1) is 31.2. The summed E-state index contributed by atoms with van der Waals surface area (Å²) in [6.45, 7) is 2.14. The Labute approximate surface area is 255 Å². The standard InChI is InChI=1S/C31H33F6N7O/c32-30(33,34)24-11-21(14-29(15-24,31(35,36)37)28-40-42-44(41-28)10-8-38)16-39-26-7-4-9-43(17-20-5-2-1-3-6-20)27-13-23-19-45-18-22(23)12-25(26)27/h1-3,5-6,11-13,15,26,39H,4,7-10,14,16-19,38H2/t26?,29-/m0/s1. The van der Waals surface area contributed by atoms with Gasteiger partial charge in [0.1, 0.15) is 0 Å². The second-order valence-electron chi connectivity index (χ2n) is 11.7. The molecule has 3 N–H and O–H groups in total. The lowest BCUT2D eigenvalue weighted by molar-refractivity contribution is -0.179. The van der Waals surface area contributed by atoms with Gasteiger partial charge in [-0.15, -0.1) is 10.2 Å². The number of nitrogens with one attached hydrogen (secondary N) is 1. The van der Waals surface area contributed by atoms with Crippen molar-refractivity contribution in [2.75, 3.05) is 24.5 Å². The van der Waals surface area contributed by atoms with E-state index < -0.39 is 35.6 Å². The Kier molecular flexibility index (Phi) is 8.48. The maximum absolute atomic E-state index is 14.8. The van der Waals surface area contributed by atoms with Crippen LogP contribution < -0.4 is 16.0 Å². The van der Waals surface area contributed by atoms with Crippen molar-refractivity contribution in [3.05, 3.63) is 93.8 Å². The number of hydrogen-bond acceptors (Lipinski definition) is 7. The SMILES string of the molecule is NCCn1nnc([C@@]2(C(F)(F)F)C=C(C(F)(F)F)C=C(CNC3CCCN(Cc4ccccc4)c4cc5c(cc43)COC5)C2)n1. The number of benzene rings is 2. The largest absolute Gasteiger partial charge is 0.416 e. The molecule has 2 aromatic carbocycles. The Morgan fingerprint density at radius 1 is 1.04 bits per heavy atom. The van der Waals surface area contributed by atoms with Gasteiger partial charge in [0.25, 0.3) is 0 Å². The minimum absolute atomic E-state index is 0.0223. The second kappa shape index (κ2) is 12.2. The van der Waals surface area contributed by atoms with Crippen molar-refractivity contribution in [2.24, 2.45) is 5.73 Å². The highest BCUT2D eigenvalue weighted by atomic mass is 19.4. The normalized spacial score (nSPS) is 22.0. The van der Waals surface area contributed by atoms with Crippen LogP contribution in [-0.2, 0) is 36.5 Å². The van der Waals surface area contributed by atoms with Gasteiger partial charge in [0.05, 0.1) is 25.3 Å². The quantitative estimate of drug-likeness (QED) is 0.321. The molecular formula is C31H33F6N7O. The molecule has 0 bridgehead atoms. The molecule has 1 aliphatic carbocycles. The number of ether oxygens (including phenoxy) is 1. The number of fused-ring (bicyclic) bond motifs is 2. The van der Waals surface area contributed by atoms with Crippen LogP contribution in [0.3, 0.4) is 0 Å². The molecular weight excluding hydrogens is 600 g/mol. The predicted octanol–water partition coefficient (Wildman–Crippen LogP) is 5.41. The molecule has 0 fully saturated rings. The molecule has 0 saturated heterocycles. The van der Waals surface area contributed by atoms with Gasteiger partial charge in [0.2, 0.25) is 0 Å². The van der Waals surface area contributed by atoms with E-state index in [0.717, 1.165) is 51.8 Å². The lowest BCUT2D eigenvalue weighted by Crippen LogP contribution is -2.45. The van der Waals surface area contributed by atoms with Crippen molar-refractivity contribution >= 4 is 5.69 Å². The highest BCUT2D eigenvalue weighted by Crippen LogP contribution is 2.50. The average molecular weight is 634 g/mol. The lowest BCUT2D eigenvalue weighted by atomic mass is 9.74. The lowest BCUT2D eigenvalue weighted by Gasteiger charge is -2.35. The van der Waals surface area contributed by atoms with Crippen molar-refractivity contribution in [2.45, 2.75) is 69.4 Å². The maximum Gasteiger partial charge on any atom is 0.416 e. The molecule has 2 aliphatic heterocycles. The van der Waals surface area contributed by atoms with Crippen LogP contribution in [0.25, 0.3) is 0 Å². The van der Waals surface area contributed by atoms with Gasteiger partial charge < -0.3 is 20.7 Å². The minimum Gasteiger partial charge on any atom is -0.372 e. The summed E-state index contributed by atoms with van der Waals surface area (Å²) in [5, 5.41) is 14.3. The number of nitrogens with zero attached hydrogens (tertiary/aromatic N) is 5. The molecule has 0 radical (unpaired) electrons. The molecule has 6 rings (SSSR count). The molecule has 1 aromatic heterocycles. The molecule has 8 nitrogen and oxygen atoms in total. The van der Waals surface area contributed by atoms with Crippen LogP contribution in [0.1, 0.15) is 53.4 Å². The number of hydrogen-bond donors (Lipinski definition) is 2. The van der Waals surface area contributed by atoms with Gasteiger partial charge >= 0.3 is 12.4 Å². The fourth-order valence-electron chi connectivity index (χ4n) is 6.33. The Morgan fingerprint density at radius 3 is 2.51 bits per heavy atom. The summed E-state index contributed by atoms with van der Waals surface area (Å²) in [5.41, 5.74) is 6.06. The summed E-state index contributed by atoms with van der Waals surface area (Å²) in [7, 11) is 0. The number of allylic oxidation sites excluding steroid dienone is 3.